The third kappa shape index (κ3) is 9.10. The van der Waals surface area contributed by atoms with Crippen molar-refractivity contribution in [3.05, 3.63) is 44.3 Å². The Morgan fingerprint density at radius 2 is 1.48 bits per heavy atom. The molecule has 0 aliphatic carbocycles. The normalized spacial score (nSPS) is 10.2. The molecule has 0 nitrogen and oxygen atoms in total. The Labute approximate surface area is 139 Å². The molecule has 2 aromatic rings. The minimum atomic E-state index is 1.28. The third-order valence-corrected chi connectivity index (χ3v) is 5.43. The van der Waals surface area contributed by atoms with Gasteiger partial charge in [-0.25, -0.2) is 0 Å². The van der Waals surface area contributed by atoms with Crippen molar-refractivity contribution in [3.8, 4) is 0 Å². The molecule has 0 saturated heterocycles. The zero-order valence-corrected chi connectivity index (χ0v) is 15.5. The van der Waals surface area contributed by atoms with Crippen molar-refractivity contribution in [2.75, 3.05) is 0 Å². The van der Waals surface area contributed by atoms with E-state index in [1.807, 2.05) is 22.7 Å². The summed E-state index contributed by atoms with van der Waals surface area (Å²) in [5, 5.41) is 2.15. The molecule has 0 bridgehead atoms. The summed E-state index contributed by atoms with van der Waals surface area (Å²) in [5.41, 5.74) is 0. The molecule has 2 aromatic heterocycles. The highest BCUT2D eigenvalue weighted by molar-refractivity contribution is 7.11. The maximum absolute atomic E-state index is 2.26. The fourth-order valence-corrected chi connectivity index (χ4v) is 3.86. The molecule has 0 N–H and O–H groups in total. The van der Waals surface area contributed by atoms with Crippen LogP contribution in [0.5, 0.6) is 0 Å². The molecule has 0 amide bonds. The highest BCUT2D eigenvalue weighted by atomic mass is 32.1. The van der Waals surface area contributed by atoms with E-state index in [1.165, 1.54) is 61.1 Å². The minimum absolute atomic E-state index is 1.28. The standard InChI is InChI=1S/C10H16S.C9H14S/c1-3-4-5-6-10-8-7-9(2)11-10;1-2-3-4-6-9-7-5-8-10-9/h7-8H,3-6H2,1-2H3;5,7-8H,2-4,6H2,1H3. The summed E-state index contributed by atoms with van der Waals surface area (Å²) in [6, 6.07) is 8.83. The van der Waals surface area contributed by atoms with Crippen molar-refractivity contribution in [2.24, 2.45) is 0 Å². The van der Waals surface area contributed by atoms with Crippen LogP contribution in [0.25, 0.3) is 0 Å². The van der Waals surface area contributed by atoms with Gasteiger partial charge in [0.15, 0.2) is 0 Å². The first-order chi connectivity index (χ1) is 10.3. The van der Waals surface area contributed by atoms with E-state index in [1.54, 1.807) is 4.88 Å². The van der Waals surface area contributed by atoms with Crippen LogP contribution in [0.15, 0.2) is 29.6 Å². The molecule has 0 aromatic carbocycles. The summed E-state index contributed by atoms with van der Waals surface area (Å²) in [5.74, 6) is 0. The molecular formula is C19H30S2. The molecule has 2 rings (SSSR count). The molecule has 21 heavy (non-hydrogen) atoms. The topological polar surface area (TPSA) is 0 Å². The minimum Gasteiger partial charge on any atom is -0.149 e. The van der Waals surface area contributed by atoms with E-state index >= 15 is 0 Å². The highest BCUT2D eigenvalue weighted by Gasteiger charge is 1.95. The Morgan fingerprint density at radius 3 is 1.95 bits per heavy atom. The molecule has 0 aliphatic heterocycles. The zero-order chi connectivity index (χ0) is 15.3. The van der Waals surface area contributed by atoms with E-state index in [0.29, 0.717) is 0 Å². The van der Waals surface area contributed by atoms with Crippen LogP contribution in [0.2, 0.25) is 0 Å². The average molecular weight is 323 g/mol. The Bertz CT molecular complexity index is 440. The molecule has 2 heterocycles. The van der Waals surface area contributed by atoms with Crippen molar-refractivity contribution in [2.45, 2.75) is 72.1 Å². The number of aryl methyl sites for hydroxylation is 3. The molecule has 118 valence electrons. The quantitative estimate of drug-likeness (QED) is 0.448. The Kier molecular flexibility index (Phi) is 10.5. The van der Waals surface area contributed by atoms with E-state index in [2.05, 4.69) is 50.4 Å². The monoisotopic (exact) mass is 322 g/mol. The van der Waals surface area contributed by atoms with Crippen LogP contribution in [0.1, 0.15) is 67.0 Å². The van der Waals surface area contributed by atoms with E-state index in [-0.39, 0.29) is 0 Å². The van der Waals surface area contributed by atoms with E-state index in [4.69, 9.17) is 0 Å². The van der Waals surface area contributed by atoms with Gasteiger partial charge in [0.05, 0.1) is 0 Å². The van der Waals surface area contributed by atoms with E-state index in [9.17, 15) is 0 Å². The maximum atomic E-state index is 2.26. The van der Waals surface area contributed by atoms with Gasteiger partial charge in [-0.15, -0.1) is 22.7 Å². The van der Waals surface area contributed by atoms with Crippen molar-refractivity contribution in [1.29, 1.82) is 0 Å². The Balaban J connectivity index is 0.000000211. The summed E-state index contributed by atoms with van der Waals surface area (Å²) in [7, 11) is 0. The molecule has 0 saturated carbocycles. The molecule has 0 aliphatic rings. The lowest BCUT2D eigenvalue weighted by atomic mass is 10.2. The van der Waals surface area contributed by atoms with Crippen molar-refractivity contribution in [1.82, 2.24) is 0 Å². The number of unbranched alkanes of at least 4 members (excludes halogenated alkanes) is 4. The summed E-state index contributed by atoms with van der Waals surface area (Å²) in [6.07, 6.45) is 10.7. The van der Waals surface area contributed by atoms with Gasteiger partial charge in [0.25, 0.3) is 0 Å². The summed E-state index contributed by atoms with van der Waals surface area (Å²) >= 11 is 3.81. The average Bonchev–Trinajstić information content (AvgIpc) is 3.12. The largest absolute Gasteiger partial charge is 0.149 e. The Morgan fingerprint density at radius 1 is 0.810 bits per heavy atom. The SMILES string of the molecule is CCCCCc1ccc(C)s1.CCCCCc1cccs1. The molecule has 0 radical (unpaired) electrons. The molecule has 0 fully saturated rings. The van der Waals surface area contributed by atoms with Crippen LogP contribution < -0.4 is 0 Å². The second-order valence-corrected chi connectivity index (χ2v) is 7.91. The van der Waals surface area contributed by atoms with Gasteiger partial charge in [0.2, 0.25) is 0 Å². The lowest BCUT2D eigenvalue weighted by Crippen LogP contribution is -1.78. The van der Waals surface area contributed by atoms with Crippen LogP contribution in [0.4, 0.5) is 0 Å². The number of hydrogen-bond acceptors (Lipinski definition) is 2. The van der Waals surface area contributed by atoms with Gasteiger partial charge >= 0.3 is 0 Å². The van der Waals surface area contributed by atoms with Crippen LogP contribution in [-0.2, 0) is 12.8 Å². The van der Waals surface area contributed by atoms with Gasteiger partial charge in [-0.1, -0.05) is 45.6 Å². The maximum Gasteiger partial charge on any atom is 0.00480 e. The first-order valence-corrected chi connectivity index (χ1v) is 10.0. The number of rotatable bonds is 8. The van der Waals surface area contributed by atoms with Gasteiger partial charge in [-0.2, -0.15) is 0 Å². The molecule has 0 unspecified atom stereocenters. The van der Waals surface area contributed by atoms with E-state index < -0.39 is 0 Å². The lowest BCUT2D eigenvalue weighted by molar-refractivity contribution is 0.722. The van der Waals surface area contributed by atoms with Crippen LogP contribution >= 0.6 is 22.7 Å². The highest BCUT2D eigenvalue weighted by Crippen LogP contribution is 2.17. The smallest absolute Gasteiger partial charge is 0.00480 e. The zero-order valence-electron chi connectivity index (χ0n) is 13.9. The van der Waals surface area contributed by atoms with Crippen LogP contribution in [0, 0.1) is 6.92 Å². The first-order valence-electron chi connectivity index (χ1n) is 8.34. The predicted molar refractivity (Wildman–Crippen MR) is 99.8 cm³/mol. The van der Waals surface area contributed by atoms with Gasteiger partial charge in [0.1, 0.15) is 0 Å². The van der Waals surface area contributed by atoms with Crippen molar-refractivity contribution < 1.29 is 0 Å². The predicted octanol–water partition coefficient (Wildman–Crippen LogP) is 7.27. The van der Waals surface area contributed by atoms with Gasteiger partial charge in [0, 0.05) is 14.6 Å². The third-order valence-electron chi connectivity index (χ3n) is 3.43. The Hall–Kier alpha value is -0.600. The van der Waals surface area contributed by atoms with Crippen molar-refractivity contribution in [3.63, 3.8) is 0 Å². The first kappa shape index (κ1) is 18.4. The fourth-order valence-electron chi connectivity index (χ4n) is 2.17. The number of hydrogen-bond donors (Lipinski definition) is 0. The van der Waals surface area contributed by atoms with Crippen molar-refractivity contribution >= 4 is 22.7 Å². The van der Waals surface area contributed by atoms with Crippen LogP contribution in [0.3, 0.4) is 0 Å². The van der Waals surface area contributed by atoms with Gasteiger partial charge < -0.3 is 0 Å². The number of thiophene rings is 2. The second kappa shape index (κ2) is 12.0. The van der Waals surface area contributed by atoms with Crippen LogP contribution in [-0.4, -0.2) is 0 Å². The summed E-state index contributed by atoms with van der Waals surface area (Å²) < 4.78 is 0. The molecule has 2 heteroatoms. The fraction of sp³-hybridized carbons (Fsp3) is 0.579. The second-order valence-electron chi connectivity index (χ2n) is 5.51. The van der Waals surface area contributed by atoms with Gasteiger partial charge in [-0.05, 0) is 56.2 Å². The van der Waals surface area contributed by atoms with E-state index in [0.717, 1.165) is 0 Å². The lowest BCUT2D eigenvalue weighted by Gasteiger charge is -1.94. The molecule has 0 atom stereocenters. The van der Waals surface area contributed by atoms with Gasteiger partial charge in [-0.3, -0.25) is 0 Å². The summed E-state index contributed by atoms with van der Waals surface area (Å²) in [4.78, 5) is 4.53. The molecular weight excluding hydrogens is 292 g/mol. The summed E-state index contributed by atoms with van der Waals surface area (Å²) in [6.45, 7) is 6.67. The molecule has 0 spiro atoms.